The molecular formula is C17H19F3N2OS. The number of hydrogen-bond acceptors (Lipinski definition) is 2. The second kappa shape index (κ2) is 8.21. The van der Waals surface area contributed by atoms with Crippen molar-refractivity contribution in [3.8, 4) is 0 Å². The molecule has 130 valence electrons. The Morgan fingerprint density at radius 3 is 2.12 bits per heavy atom. The first-order valence-corrected chi connectivity index (χ1v) is 7.01. The van der Waals surface area contributed by atoms with Crippen molar-refractivity contribution in [3.63, 3.8) is 0 Å². The molecule has 0 aromatic heterocycles. The maximum Gasteiger partial charge on any atom is 0.243 e. The van der Waals surface area contributed by atoms with Crippen molar-refractivity contribution < 1.29 is 18.0 Å². The maximum absolute atomic E-state index is 13.4. The highest BCUT2D eigenvalue weighted by Gasteiger charge is 2.20. The summed E-state index contributed by atoms with van der Waals surface area (Å²) in [6.07, 6.45) is -0.0217. The van der Waals surface area contributed by atoms with Crippen LogP contribution in [0.1, 0.15) is 11.1 Å². The van der Waals surface area contributed by atoms with Gasteiger partial charge in [0.2, 0.25) is 5.91 Å². The average molecular weight is 356 g/mol. The molecule has 1 amide bonds. The van der Waals surface area contributed by atoms with Crippen molar-refractivity contribution in [2.75, 3.05) is 11.9 Å². The lowest BCUT2D eigenvalue weighted by Crippen LogP contribution is -2.43. The van der Waals surface area contributed by atoms with Crippen molar-refractivity contribution in [2.24, 2.45) is 5.73 Å². The van der Waals surface area contributed by atoms with Gasteiger partial charge in [-0.3, -0.25) is 4.79 Å². The first kappa shape index (κ1) is 20.1. The van der Waals surface area contributed by atoms with E-state index in [2.05, 4.69) is 0 Å². The summed E-state index contributed by atoms with van der Waals surface area (Å²) in [6.45, 7) is 1.71. The van der Waals surface area contributed by atoms with E-state index in [1.165, 1.54) is 24.1 Å². The van der Waals surface area contributed by atoms with E-state index in [0.29, 0.717) is 11.3 Å². The fraction of sp³-hybridized carbons (Fsp3) is 0.235. The van der Waals surface area contributed by atoms with Gasteiger partial charge in [-0.1, -0.05) is 0 Å². The van der Waals surface area contributed by atoms with Gasteiger partial charge in [-0.15, -0.1) is 0 Å². The van der Waals surface area contributed by atoms with Crippen molar-refractivity contribution in [2.45, 2.75) is 19.4 Å². The zero-order valence-corrected chi connectivity index (χ0v) is 14.3. The Kier molecular flexibility index (Phi) is 6.86. The summed E-state index contributed by atoms with van der Waals surface area (Å²) < 4.78 is 39.8. The molecule has 1 atom stereocenters. The van der Waals surface area contributed by atoms with Crippen LogP contribution in [0.2, 0.25) is 0 Å². The van der Waals surface area contributed by atoms with Crippen LogP contribution in [0.5, 0.6) is 0 Å². The highest BCUT2D eigenvalue weighted by Crippen LogP contribution is 2.18. The average Bonchev–Trinajstić information content (AvgIpc) is 2.43. The molecule has 0 radical (unpaired) electrons. The summed E-state index contributed by atoms with van der Waals surface area (Å²) in [5.41, 5.74) is 7.15. The van der Waals surface area contributed by atoms with Crippen LogP contribution >= 0.6 is 13.5 Å². The standard InChI is InChI=1S/C17H17F3N2O.H2S/c1-10-3-12(18)9-15(4-10)22(2)17(23)16(21)7-11-5-13(19)8-14(20)6-11;/h3-6,8-9,16H,7,21H2,1-2H3;1H2/t16-;/m0./s1. The van der Waals surface area contributed by atoms with E-state index in [-0.39, 0.29) is 25.5 Å². The van der Waals surface area contributed by atoms with Gasteiger partial charge in [-0.05, 0) is 54.8 Å². The zero-order valence-electron chi connectivity index (χ0n) is 13.3. The minimum Gasteiger partial charge on any atom is -0.320 e. The molecule has 0 bridgehead atoms. The zero-order chi connectivity index (χ0) is 17.1. The molecule has 2 N–H and O–H groups in total. The Morgan fingerprint density at radius 2 is 1.58 bits per heavy atom. The summed E-state index contributed by atoms with van der Waals surface area (Å²) in [5.74, 6) is -2.39. The van der Waals surface area contributed by atoms with E-state index in [0.717, 1.165) is 18.2 Å². The van der Waals surface area contributed by atoms with E-state index < -0.39 is 29.4 Å². The molecule has 24 heavy (non-hydrogen) atoms. The van der Waals surface area contributed by atoms with Crippen LogP contribution in [0.25, 0.3) is 0 Å². The summed E-state index contributed by atoms with van der Waals surface area (Å²) in [5, 5.41) is 0. The summed E-state index contributed by atoms with van der Waals surface area (Å²) in [6, 6.07) is 6.22. The molecule has 2 rings (SSSR count). The van der Waals surface area contributed by atoms with Crippen molar-refractivity contribution in [1.82, 2.24) is 0 Å². The number of halogens is 3. The number of rotatable bonds is 4. The number of nitrogens with zero attached hydrogens (tertiary/aromatic N) is 1. The first-order valence-electron chi connectivity index (χ1n) is 7.01. The smallest absolute Gasteiger partial charge is 0.243 e. The molecule has 0 aliphatic carbocycles. The normalized spacial score (nSPS) is 11.6. The van der Waals surface area contributed by atoms with Crippen LogP contribution in [0.3, 0.4) is 0 Å². The van der Waals surface area contributed by atoms with Gasteiger partial charge in [0.1, 0.15) is 17.5 Å². The maximum atomic E-state index is 13.4. The first-order chi connectivity index (χ1) is 10.8. The molecule has 0 heterocycles. The summed E-state index contributed by atoms with van der Waals surface area (Å²) >= 11 is 0. The Balaban J connectivity index is 0.00000288. The molecule has 0 fully saturated rings. The Labute approximate surface area is 145 Å². The third kappa shape index (κ3) is 5.01. The van der Waals surface area contributed by atoms with E-state index in [4.69, 9.17) is 5.73 Å². The topological polar surface area (TPSA) is 46.3 Å². The van der Waals surface area contributed by atoms with Gasteiger partial charge in [0.25, 0.3) is 0 Å². The third-order valence-corrected chi connectivity index (χ3v) is 3.44. The van der Waals surface area contributed by atoms with Crippen LogP contribution in [0.4, 0.5) is 18.9 Å². The molecule has 3 nitrogen and oxygen atoms in total. The quantitative estimate of drug-likeness (QED) is 0.915. The molecule has 2 aromatic rings. The molecule has 0 saturated heterocycles. The Hall–Kier alpha value is -1.99. The second-order valence-corrected chi connectivity index (χ2v) is 5.47. The van der Waals surface area contributed by atoms with Crippen molar-refractivity contribution in [1.29, 1.82) is 0 Å². The molecule has 0 saturated carbocycles. The number of amides is 1. The Morgan fingerprint density at radius 1 is 1.04 bits per heavy atom. The van der Waals surface area contributed by atoms with Crippen LogP contribution in [-0.2, 0) is 11.2 Å². The molecule has 2 aromatic carbocycles. The van der Waals surface area contributed by atoms with Gasteiger partial charge in [0.05, 0.1) is 6.04 Å². The number of aryl methyl sites for hydroxylation is 1. The van der Waals surface area contributed by atoms with Crippen molar-refractivity contribution >= 4 is 25.1 Å². The molecule has 7 heteroatoms. The number of nitrogens with two attached hydrogens (primary N) is 1. The van der Waals surface area contributed by atoms with Gasteiger partial charge < -0.3 is 10.6 Å². The minimum absolute atomic E-state index is 0. The fourth-order valence-electron chi connectivity index (χ4n) is 2.36. The number of benzene rings is 2. The van der Waals surface area contributed by atoms with Crippen LogP contribution < -0.4 is 10.6 Å². The largest absolute Gasteiger partial charge is 0.320 e. The predicted octanol–water partition coefficient (Wildman–Crippen LogP) is 3.06. The van der Waals surface area contributed by atoms with Crippen LogP contribution in [0, 0.1) is 24.4 Å². The van der Waals surface area contributed by atoms with E-state index in [1.807, 2.05) is 0 Å². The SMILES string of the molecule is Cc1cc(F)cc(N(C)C(=O)[C@@H](N)Cc2cc(F)cc(F)c2)c1.S. The molecule has 0 aliphatic heterocycles. The predicted molar refractivity (Wildman–Crippen MR) is 93.0 cm³/mol. The van der Waals surface area contributed by atoms with Gasteiger partial charge in [0.15, 0.2) is 0 Å². The van der Waals surface area contributed by atoms with E-state index in [1.54, 1.807) is 13.0 Å². The Bertz CT molecular complexity index is 699. The van der Waals surface area contributed by atoms with Gasteiger partial charge in [-0.2, -0.15) is 13.5 Å². The molecular weight excluding hydrogens is 337 g/mol. The number of anilines is 1. The molecule has 0 aliphatic rings. The van der Waals surface area contributed by atoms with Crippen LogP contribution in [-0.4, -0.2) is 19.0 Å². The number of hydrogen-bond donors (Lipinski definition) is 1. The summed E-state index contributed by atoms with van der Waals surface area (Å²) in [4.78, 5) is 13.6. The number of carbonyl (C=O) groups is 1. The molecule has 0 unspecified atom stereocenters. The fourth-order valence-corrected chi connectivity index (χ4v) is 2.36. The van der Waals surface area contributed by atoms with Crippen LogP contribution in [0.15, 0.2) is 36.4 Å². The highest BCUT2D eigenvalue weighted by molar-refractivity contribution is 7.59. The van der Waals surface area contributed by atoms with Gasteiger partial charge in [0, 0.05) is 18.8 Å². The lowest BCUT2D eigenvalue weighted by Gasteiger charge is -2.22. The monoisotopic (exact) mass is 356 g/mol. The second-order valence-electron chi connectivity index (χ2n) is 5.47. The van der Waals surface area contributed by atoms with Crippen molar-refractivity contribution in [3.05, 3.63) is 65.0 Å². The molecule has 0 spiro atoms. The van der Waals surface area contributed by atoms with E-state index >= 15 is 0 Å². The lowest BCUT2D eigenvalue weighted by atomic mass is 10.0. The number of likely N-dealkylation sites (N-methyl/N-ethyl adjacent to an activating group) is 1. The third-order valence-electron chi connectivity index (χ3n) is 3.44. The minimum atomic E-state index is -0.996. The van der Waals surface area contributed by atoms with Gasteiger partial charge >= 0.3 is 0 Å². The van der Waals surface area contributed by atoms with E-state index in [9.17, 15) is 18.0 Å². The lowest BCUT2D eigenvalue weighted by molar-refractivity contribution is -0.119. The van der Waals surface area contributed by atoms with Gasteiger partial charge in [-0.25, -0.2) is 13.2 Å². The highest BCUT2D eigenvalue weighted by atomic mass is 32.1. The number of carbonyl (C=O) groups excluding carboxylic acids is 1. The summed E-state index contributed by atoms with van der Waals surface area (Å²) in [7, 11) is 1.47.